The number of hydrogen-bond acceptors (Lipinski definition) is 1. The van der Waals surface area contributed by atoms with Gasteiger partial charge in [-0.05, 0) is 50.4 Å². The van der Waals surface area contributed by atoms with Crippen molar-refractivity contribution < 1.29 is 4.39 Å². The number of para-hydroxylation sites is 1. The number of fused-ring (bicyclic) bond motifs is 1. The molecule has 0 amide bonds. The summed E-state index contributed by atoms with van der Waals surface area (Å²) in [7, 11) is 1.96. The van der Waals surface area contributed by atoms with Crippen LogP contribution in [0.1, 0.15) is 30.0 Å². The van der Waals surface area contributed by atoms with E-state index in [1.54, 1.807) is 6.07 Å². The summed E-state index contributed by atoms with van der Waals surface area (Å²) >= 11 is 0. The molecule has 0 spiro atoms. The summed E-state index contributed by atoms with van der Waals surface area (Å²) in [5, 5.41) is 4.49. The van der Waals surface area contributed by atoms with Crippen molar-refractivity contribution in [3.8, 4) is 0 Å². The Labute approximate surface area is 107 Å². The highest BCUT2D eigenvalue weighted by Crippen LogP contribution is 2.36. The molecule has 3 rings (SSSR count). The minimum absolute atomic E-state index is 0.113. The molecule has 2 aromatic rings. The zero-order valence-corrected chi connectivity index (χ0v) is 11.0. The van der Waals surface area contributed by atoms with Crippen LogP contribution in [0.3, 0.4) is 0 Å². The number of benzene rings is 1. The first-order valence-corrected chi connectivity index (χ1v) is 6.64. The van der Waals surface area contributed by atoms with Crippen molar-refractivity contribution in [3.05, 3.63) is 35.3 Å². The molecule has 2 nitrogen and oxygen atoms in total. The molecule has 96 valence electrons. The van der Waals surface area contributed by atoms with E-state index >= 15 is 0 Å². The fourth-order valence-corrected chi connectivity index (χ4v) is 3.24. The van der Waals surface area contributed by atoms with Crippen LogP contribution in [0.4, 0.5) is 4.39 Å². The Balaban J connectivity index is 2.22. The first-order chi connectivity index (χ1) is 8.70. The third-order valence-corrected chi connectivity index (χ3v) is 4.25. The fraction of sp³-hybridized carbons (Fsp3) is 0.467. The van der Waals surface area contributed by atoms with Crippen molar-refractivity contribution >= 4 is 10.9 Å². The molecule has 1 aliphatic heterocycles. The summed E-state index contributed by atoms with van der Waals surface area (Å²) in [6.07, 6.45) is 2.30. The van der Waals surface area contributed by atoms with Gasteiger partial charge >= 0.3 is 0 Å². The molecule has 18 heavy (non-hydrogen) atoms. The predicted octanol–water partition coefficient (Wildman–Crippen LogP) is 3.09. The molecular formula is C15H19FN2. The van der Waals surface area contributed by atoms with E-state index in [1.165, 1.54) is 11.3 Å². The van der Waals surface area contributed by atoms with Gasteiger partial charge in [0, 0.05) is 18.1 Å². The van der Waals surface area contributed by atoms with Crippen LogP contribution < -0.4 is 5.32 Å². The van der Waals surface area contributed by atoms with E-state index in [0.717, 1.165) is 36.8 Å². The van der Waals surface area contributed by atoms with Crippen molar-refractivity contribution in [1.82, 2.24) is 9.88 Å². The van der Waals surface area contributed by atoms with E-state index in [9.17, 15) is 4.39 Å². The predicted molar refractivity (Wildman–Crippen MR) is 72.5 cm³/mol. The van der Waals surface area contributed by atoms with Crippen molar-refractivity contribution in [1.29, 1.82) is 0 Å². The van der Waals surface area contributed by atoms with Gasteiger partial charge in [-0.15, -0.1) is 0 Å². The summed E-state index contributed by atoms with van der Waals surface area (Å²) < 4.78 is 16.0. The third-order valence-electron chi connectivity index (χ3n) is 4.25. The smallest absolute Gasteiger partial charge is 0.147 e. The normalized spacial score (nSPS) is 17.5. The molecule has 2 heterocycles. The van der Waals surface area contributed by atoms with Gasteiger partial charge in [0.15, 0.2) is 0 Å². The summed E-state index contributed by atoms with van der Waals surface area (Å²) in [4.78, 5) is 0. The minimum Gasteiger partial charge on any atom is -0.345 e. The molecule has 1 aromatic carbocycles. The highest BCUT2D eigenvalue weighted by molar-refractivity contribution is 5.86. The van der Waals surface area contributed by atoms with E-state index in [2.05, 4.69) is 18.3 Å². The quantitative estimate of drug-likeness (QED) is 0.818. The van der Waals surface area contributed by atoms with Crippen LogP contribution in [0, 0.1) is 12.7 Å². The summed E-state index contributed by atoms with van der Waals surface area (Å²) in [6, 6.07) is 5.43. The molecule has 0 bridgehead atoms. The van der Waals surface area contributed by atoms with Crippen LogP contribution >= 0.6 is 0 Å². The van der Waals surface area contributed by atoms with Gasteiger partial charge in [-0.3, -0.25) is 0 Å². The number of hydrogen-bond donors (Lipinski definition) is 1. The fourth-order valence-electron chi connectivity index (χ4n) is 3.24. The topological polar surface area (TPSA) is 17.0 Å². The van der Waals surface area contributed by atoms with E-state index in [4.69, 9.17) is 0 Å². The number of rotatable bonds is 1. The van der Waals surface area contributed by atoms with Crippen molar-refractivity contribution in [2.45, 2.75) is 25.7 Å². The molecule has 3 heteroatoms. The maximum absolute atomic E-state index is 14.0. The van der Waals surface area contributed by atoms with E-state index in [1.807, 2.05) is 17.7 Å². The Morgan fingerprint density at radius 3 is 2.72 bits per heavy atom. The second kappa shape index (κ2) is 4.39. The van der Waals surface area contributed by atoms with Gasteiger partial charge in [-0.25, -0.2) is 4.39 Å². The minimum atomic E-state index is -0.113. The zero-order chi connectivity index (χ0) is 12.7. The monoisotopic (exact) mass is 246 g/mol. The third kappa shape index (κ3) is 1.65. The molecule has 0 saturated carbocycles. The average molecular weight is 246 g/mol. The number of nitrogens with zero attached hydrogens (tertiary/aromatic N) is 1. The largest absolute Gasteiger partial charge is 0.345 e. The van der Waals surface area contributed by atoms with Crippen molar-refractivity contribution in [2.24, 2.45) is 7.05 Å². The first-order valence-electron chi connectivity index (χ1n) is 6.64. The highest BCUT2D eigenvalue weighted by Gasteiger charge is 2.23. The Morgan fingerprint density at radius 2 is 2.00 bits per heavy atom. The molecule has 1 saturated heterocycles. The standard InChI is InChI=1S/C15H19FN2/c1-10-14(11-6-8-17-9-7-11)12-4-3-5-13(16)15(12)18(10)2/h3-5,11,17H,6-9H2,1-2H3. The van der Waals surface area contributed by atoms with Gasteiger partial charge in [-0.2, -0.15) is 0 Å². The lowest BCUT2D eigenvalue weighted by atomic mass is 9.88. The van der Waals surface area contributed by atoms with Crippen LogP contribution in [0.2, 0.25) is 0 Å². The van der Waals surface area contributed by atoms with Gasteiger partial charge < -0.3 is 9.88 Å². The first kappa shape index (κ1) is 11.7. The second-order valence-corrected chi connectivity index (χ2v) is 5.22. The average Bonchev–Trinajstić information content (AvgIpc) is 2.64. The van der Waals surface area contributed by atoms with Crippen molar-refractivity contribution in [2.75, 3.05) is 13.1 Å². The molecular weight excluding hydrogens is 227 g/mol. The maximum atomic E-state index is 14.0. The van der Waals surface area contributed by atoms with E-state index in [0.29, 0.717) is 5.92 Å². The second-order valence-electron chi connectivity index (χ2n) is 5.22. The van der Waals surface area contributed by atoms with Crippen LogP contribution in [0.5, 0.6) is 0 Å². The molecule has 1 aliphatic rings. The summed E-state index contributed by atoms with van der Waals surface area (Å²) in [6.45, 7) is 4.24. The molecule has 1 aromatic heterocycles. The molecule has 0 unspecified atom stereocenters. The van der Waals surface area contributed by atoms with Gasteiger partial charge in [0.05, 0.1) is 5.52 Å². The van der Waals surface area contributed by atoms with Gasteiger partial charge in [0.1, 0.15) is 5.82 Å². The van der Waals surface area contributed by atoms with Gasteiger partial charge in [0.25, 0.3) is 0 Å². The summed E-state index contributed by atoms with van der Waals surface area (Å²) in [5.74, 6) is 0.454. The number of aromatic nitrogens is 1. The van der Waals surface area contributed by atoms with E-state index < -0.39 is 0 Å². The Kier molecular flexibility index (Phi) is 2.86. The Hall–Kier alpha value is -1.35. The van der Waals surface area contributed by atoms with Crippen molar-refractivity contribution in [3.63, 3.8) is 0 Å². The maximum Gasteiger partial charge on any atom is 0.147 e. The van der Waals surface area contributed by atoms with Crippen LogP contribution in [0.25, 0.3) is 10.9 Å². The van der Waals surface area contributed by atoms with E-state index in [-0.39, 0.29) is 5.82 Å². The Bertz CT molecular complexity index is 580. The molecule has 0 radical (unpaired) electrons. The number of halogens is 1. The lowest BCUT2D eigenvalue weighted by Crippen LogP contribution is -2.26. The number of piperidine rings is 1. The molecule has 0 aliphatic carbocycles. The number of aryl methyl sites for hydroxylation is 1. The molecule has 1 N–H and O–H groups in total. The van der Waals surface area contributed by atoms with Crippen LogP contribution in [-0.2, 0) is 7.05 Å². The van der Waals surface area contributed by atoms with Crippen LogP contribution in [0.15, 0.2) is 18.2 Å². The zero-order valence-electron chi connectivity index (χ0n) is 11.0. The summed E-state index contributed by atoms with van der Waals surface area (Å²) in [5.41, 5.74) is 3.32. The highest BCUT2D eigenvalue weighted by atomic mass is 19.1. The molecule has 0 atom stereocenters. The SMILES string of the molecule is Cc1c(C2CCNCC2)c2cccc(F)c2n1C. The Morgan fingerprint density at radius 1 is 1.28 bits per heavy atom. The lowest BCUT2D eigenvalue weighted by molar-refractivity contribution is 0.460. The van der Waals surface area contributed by atoms with Crippen LogP contribution in [-0.4, -0.2) is 17.7 Å². The van der Waals surface area contributed by atoms with Gasteiger partial charge in [0.2, 0.25) is 0 Å². The molecule has 1 fully saturated rings. The lowest BCUT2D eigenvalue weighted by Gasteiger charge is -2.23. The van der Waals surface area contributed by atoms with Gasteiger partial charge in [-0.1, -0.05) is 12.1 Å². The number of nitrogens with one attached hydrogen (secondary N) is 1.